The highest BCUT2D eigenvalue weighted by molar-refractivity contribution is 5.94. The van der Waals surface area contributed by atoms with Gasteiger partial charge >= 0.3 is 0 Å². The molecule has 2 aliphatic rings. The summed E-state index contributed by atoms with van der Waals surface area (Å²) in [5.41, 5.74) is 1.28. The summed E-state index contributed by atoms with van der Waals surface area (Å²) in [7, 11) is 2.14. The SMILES string of the molecule is CC1N=C(NCc2ccccc2)C=C2N(C)CCN21.Cl. The Morgan fingerprint density at radius 1 is 1.25 bits per heavy atom. The van der Waals surface area contributed by atoms with Gasteiger partial charge in [0.25, 0.3) is 0 Å². The monoisotopic (exact) mass is 292 g/mol. The minimum atomic E-state index is 0. The predicted octanol–water partition coefficient (Wildman–Crippen LogP) is 2.04. The Morgan fingerprint density at radius 2 is 2.00 bits per heavy atom. The van der Waals surface area contributed by atoms with Crippen molar-refractivity contribution in [3.63, 3.8) is 0 Å². The zero-order valence-electron chi connectivity index (χ0n) is 11.9. The van der Waals surface area contributed by atoms with Gasteiger partial charge in [0.2, 0.25) is 0 Å². The number of aliphatic imine (C=N–C) groups is 1. The lowest BCUT2D eigenvalue weighted by atomic mass is 10.2. The van der Waals surface area contributed by atoms with Crippen molar-refractivity contribution in [2.45, 2.75) is 19.6 Å². The standard InChI is InChI=1S/C15H20N4.ClH/c1-12-17-14(10-15-18(2)8-9-19(12)15)16-11-13-6-4-3-5-7-13;/h3-7,10,12H,8-9,11H2,1-2H3,(H,16,17);1H. The van der Waals surface area contributed by atoms with Gasteiger partial charge in [-0.25, -0.2) is 4.99 Å². The Balaban J connectivity index is 0.00000147. The van der Waals surface area contributed by atoms with Crippen LogP contribution in [0.15, 0.2) is 47.2 Å². The van der Waals surface area contributed by atoms with E-state index in [2.05, 4.69) is 59.4 Å². The van der Waals surface area contributed by atoms with Crippen LogP contribution in [0.2, 0.25) is 0 Å². The smallest absolute Gasteiger partial charge is 0.127 e. The van der Waals surface area contributed by atoms with Crippen molar-refractivity contribution in [2.24, 2.45) is 4.99 Å². The van der Waals surface area contributed by atoms with E-state index in [1.54, 1.807) is 0 Å². The van der Waals surface area contributed by atoms with E-state index in [-0.39, 0.29) is 18.6 Å². The van der Waals surface area contributed by atoms with Crippen molar-refractivity contribution in [1.29, 1.82) is 0 Å². The molecule has 0 bridgehead atoms. The Hall–Kier alpha value is -1.68. The molecule has 0 aliphatic carbocycles. The molecule has 1 atom stereocenters. The number of fused-ring (bicyclic) bond motifs is 1. The fourth-order valence-electron chi connectivity index (χ4n) is 2.59. The molecule has 1 unspecified atom stereocenters. The summed E-state index contributed by atoms with van der Waals surface area (Å²) in [6.45, 7) is 5.12. The van der Waals surface area contributed by atoms with Crippen LogP contribution in [0.5, 0.6) is 0 Å². The fourth-order valence-corrected chi connectivity index (χ4v) is 2.59. The maximum atomic E-state index is 4.70. The van der Waals surface area contributed by atoms with Crippen molar-refractivity contribution >= 4 is 18.2 Å². The molecule has 0 spiro atoms. The molecule has 2 aliphatic heterocycles. The van der Waals surface area contributed by atoms with E-state index in [4.69, 9.17) is 4.99 Å². The molecule has 4 nitrogen and oxygen atoms in total. The Labute approximate surface area is 126 Å². The summed E-state index contributed by atoms with van der Waals surface area (Å²) in [4.78, 5) is 9.33. The van der Waals surface area contributed by atoms with Crippen LogP contribution in [-0.2, 0) is 6.54 Å². The van der Waals surface area contributed by atoms with Gasteiger partial charge in [-0.2, -0.15) is 0 Å². The van der Waals surface area contributed by atoms with Crippen LogP contribution in [0.25, 0.3) is 0 Å². The lowest BCUT2D eigenvalue weighted by molar-refractivity contribution is 0.291. The van der Waals surface area contributed by atoms with Crippen LogP contribution in [0.4, 0.5) is 0 Å². The molecule has 0 amide bonds. The summed E-state index contributed by atoms with van der Waals surface area (Å²) >= 11 is 0. The quantitative estimate of drug-likeness (QED) is 0.905. The Kier molecular flexibility index (Phi) is 4.55. The molecule has 0 radical (unpaired) electrons. The van der Waals surface area contributed by atoms with Crippen molar-refractivity contribution in [3.05, 3.63) is 47.8 Å². The number of rotatable bonds is 2. The molecule has 1 N–H and O–H groups in total. The van der Waals surface area contributed by atoms with Crippen molar-refractivity contribution < 1.29 is 0 Å². The highest BCUT2D eigenvalue weighted by Crippen LogP contribution is 2.23. The number of amidine groups is 1. The van der Waals surface area contributed by atoms with Gasteiger partial charge in [0.05, 0.1) is 0 Å². The third-order valence-electron chi connectivity index (χ3n) is 3.72. The Morgan fingerprint density at radius 3 is 2.75 bits per heavy atom. The number of hydrogen-bond acceptors (Lipinski definition) is 4. The fraction of sp³-hybridized carbons (Fsp3) is 0.400. The van der Waals surface area contributed by atoms with Crippen molar-refractivity contribution in [1.82, 2.24) is 15.1 Å². The first-order chi connectivity index (χ1) is 9.24. The topological polar surface area (TPSA) is 30.9 Å². The number of nitrogens with one attached hydrogen (secondary N) is 1. The average molecular weight is 293 g/mol. The molecular weight excluding hydrogens is 272 g/mol. The number of benzene rings is 1. The molecule has 1 fully saturated rings. The van der Waals surface area contributed by atoms with Crippen LogP contribution in [-0.4, -0.2) is 41.9 Å². The van der Waals surface area contributed by atoms with Crippen LogP contribution in [0.1, 0.15) is 12.5 Å². The molecule has 3 rings (SSSR count). The van der Waals surface area contributed by atoms with Gasteiger partial charge in [-0.05, 0) is 12.5 Å². The molecule has 108 valence electrons. The van der Waals surface area contributed by atoms with Gasteiger partial charge in [0.15, 0.2) is 0 Å². The lowest BCUT2D eigenvalue weighted by Crippen LogP contribution is -2.37. The van der Waals surface area contributed by atoms with Gasteiger partial charge < -0.3 is 15.1 Å². The third kappa shape index (κ3) is 2.90. The van der Waals surface area contributed by atoms with Crippen LogP contribution in [0, 0.1) is 0 Å². The van der Waals surface area contributed by atoms with E-state index < -0.39 is 0 Å². The molecule has 0 aromatic heterocycles. The average Bonchev–Trinajstić information content (AvgIpc) is 2.80. The minimum absolute atomic E-state index is 0. The van der Waals surface area contributed by atoms with E-state index in [1.807, 2.05) is 6.07 Å². The first-order valence-corrected chi connectivity index (χ1v) is 6.79. The molecule has 1 aromatic rings. The number of likely N-dealkylation sites (N-methyl/N-ethyl adjacent to an activating group) is 1. The van der Waals surface area contributed by atoms with Gasteiger partial charge in [-0.3, -0.25) is 0 Å². The second-order valence-electron chi connectivity index (χ2n) is 5.10. The van der Waals surface area contributed by atoms with Crippen molar-refractivity contribution in [2.75, 3.05) is 20.1 Å². The van der Waals surface area contributed by atoms with Gasteiger partial charge in [-0.15, -0.1) is 12.4 Å². The lowest BCUT2D eigenvalue weighted by Gasteiger charge is -2.30. The maximum absolute atomic E-state index is 4.70. The highest BCUT2D eigenvalue weighted by Gasteiger charge is 2.28. The Bertz CT molecular complexity index is 512. The molecular formula is C15H21ClN4. The zero-order chi connectivity index (χ0) is 13.2. The van der Waals surface area contributed by atoms with E-state index in [0.29, 0.717) is 0 Å². The van der Waals surface area contributed by atoms with E-state index in [1.165, 1.54) is 11.4 Å². The van der Waals surface area contributed by atoms with Crippen LogP contribution >= 0.6 is 12.4 Å². The summed E-state index contributed by atoms with van der Waals surface area (Å²) in [5, 5.41) is 3.42. The minimum Gasteiger partial charge on any atom is -0.366 e. The van der Waals surface area contributed by atoms with Crippen molar-refractivity contribution in [3.8, 4) is 0 Å². The number of halogens is 1. The van der Waals surface area contributed by atoms with Gasteiger partial charge in [-0.1, -0.05) is 30.3 Å². The highest BCUT2D eigenvalue weighted by atomic mass is 35.5. The molecule has 5 heteroatoms. The first kappa shape index (κ1) is 14.7. The summed E-state index contributed by atoms with van der Waals surface area (Å²) in [6, 6.07) is 10.4. The second-order valence-corrected chi connectivity index (χ2v) is 5.10. The van der Waals surface area contributed by atoms with Gasteiger partial charge in [0.1, 0.15) is 17.8 Å². The van der Waals surface area contributed by atoms with Crippen LogP contribution < -0.4 is 5.32 Å². The molecule has 20 heavy (non-hydrogen) atoms. The molecule has 2 heterocycles. The predicted molar refractivity (Wildman–Crippen MR) is 84.8 cm³/mol. The first-order valence-electron chi connectivity index (χ1n) is 6.79. The zero-order valence-corrected chi connectivity index (χ0v) is 12.7. The molecule has 0 saturated carbocycles. The molecule has 1 saturated heterocycles. The van der Waals surface area contributed by atoms with E-state index >= 15 is 0 Å². The van der Waals surface area contributed by atoms with Crippen LogP contribution in [0.3, 0.4) is 0 Å². The summed E-state index contributed by atoms with van der Waals surface area (Å²) < 4.78 is 0. The largest absolute Gasteiger partial charge is 0.366 e. The summed E-state index contributed by atoms with van der Waals surface area (Å²) in [6.07, 6.45) is 2.37. The van der Waals surface area contributed by atoms with E-state index in [9.17, 15) is 0 Å². The number of nitrogens with zero attached hydrogens (tertiary/aromatic N) is 3. The maximum Gasteiger partial charge on any atom is 0.127 e. The second kappa shape index (κ2) is 6.18. The third-order valence-corrected chi connectivity index (χ3v) is 3.72. The number of hydrogen-bond donors (Lipinski definition) is 1. The van der Waals surface area contributed by atoms with E-state index in [0.717, 1.165) is 25.5 Å². The summed E-state index contributed by atoms with van der Waals surface area (Å²) in [5.74, 6) is 2.26. The molecule has 1 aromatic carbocycles. The van der Waals surface area contributed by atoms with Gasteiger partial charge in [0, 0.05) is 32.8 Å². The normalized spacial score (nSPS) is 20.8.